The fourth-order valence-electron chi connectivity index (χ4n) is 2.45. The lowest BCUT2D eigenvalue weighted by Gasteiger charge is -2.02. The average molecular weight is 383 g/mol. The molecule has 0 aromatic heterocycles. The van der Waals surface area contributed by atoms with Gasteiger partial charge in [-0.1, -0.05) is 12.1 Å². The Morgan fingerprint density at radius 1 is 1.07 bits per heavy atom. The first-order valence-electron chi connectivity index (χ1n) is 8.07. The highest BCUT2D eigenvalue weighted by Crippen LogP contribution is 2.26. The minimum atomic E-state index is -0.773. The summed E-state index contributed by atoms with van der Waals surface area (Å²) in [6, 6.07) is 9.82. The summed E-state index contributed by atoms with van der Waals surface area (Å²) in [5.41, 5.74) is -0.429. The van der Waals surface area contributed by atoms with Gasteiger partial charge in [-0.2, -0.15) is 0 Å². The summed E-state index contributed by atoms with van der Waals surface area (Å²) in [5.74, 6) is -0.334. The van der Waals surface area contributed by atoms with Crippen molar-refractivity contribution >= 4 is 29.3 Å². The molecule has 0 saturated heterocycles. The first kappa shape index (κ1) is 18.7. The van der Waals surface area contributed by atoms with Crippen molar-refractivity contribution in [2.24, 2.45) is 4.99 Å². The molecule has 1 aliphatic heterocycles. The summed E-state index contributed by atoms with van der Waals surface area (Å²) < 4.78 is 10.4. The number of benzene rings is 2. The molecule has 10 heteroatoms. The number of nitro benzene ring substituents is 2. The predicted octanol–water partition coefficient (Wildman–Crippen LogP) is 3.25. The van der Waals surface area contributed by atoms with E-state index in [1.54, 1.807) is 24.3 Å². The zero-order valence-electron chi connectivity index (χ0n) is 14.5. The highest BCUT2D eigenvalue weighted by Gasteiger charge is 2.27. The Labute approximate surface area is 158 Å². The van der Waals surface area contributed by atoms with Crippen molar-refractivity contribution in [1.29, 1.82) is 0 Å². The lowest BCUT2D eigenvalue weighted by atomic mass is 10.1. The number of esters is 1. The molecule has 0 bridgehead atoms. The fourth-order valence-corrected chi connectivity index (χ4v) is 2.45. The molecule has 28 heavy (non-hydrogen) atoms. The van der Waals surface area contributed by atoms with E-state index in [9.17, 15) is 25.0 Å². The zero-order chi connectivity index (χ0) is 20.3. The molecule has 0 fully saturated rings. The van der Waals surface area contributed by atoms with Crippen LogP contribution in [0.15, 0.2) is 53.2 Å². The number of carbonyl (C=O) groups is 1. The average Bonchev–Trinajstić information content (AvgIpc) is 3.03. The van der Waals surface area contributed by atoms with E-state index in [4.69, 9.17) is 9.47 Å². The Morgan fingerprint density at radius 2 is 1.68 bits per heavy atom. The van der Waals surface area contributed by atoms with Gasteiger partial charge in [0.1, 0.15) is 5.75 Å². The predicted molar refractivity (Wildman–Crippen MR) is 98.0 cm³/mol. The van der Waals surface area contributed by atoms with Gasteiger partial charge in [0.05, 0.1) is 28.1 Å². The second kappa shape index (κ2) is 7.66. The quantitative estimate of drug-likeness (QED) is 0.323. The third-order valence-corrected chi connectivity index (χ3v) is 3.69. The molecule has 0 spiro atoms. The van der Waals surface area contributed by atoms with E-state index in [1.807, 2.05) is 6.92 Å². The zero-order valence-corrected chi connectivity index (χ0v) is 14.5. The van der Waals surface area contributed by atoms with E-state index >= 15 is 0 Å². The van der Waals surface area contributed by atoms with Gasteiger partial charge in [-0.05, 0) is 30.7 Å². The number of aliphatic imine (C=N–C) groups is 1. The summed E-state index contributed by atoms with van der Waals surface area (Å²) in [7, 11) is 0. The number of nitro groups is 2. The van der Waals surface area contributed by atoms with Crippen molar-refractivity contribution in [2.75, 3.05) is 6.61 Å². The summed E-state index contributed by atoms with van der Waals surface area (Å²) in [6.07, 6.45) is 1.47. The molecule has 0 saturated carbocycles. The highest BCUT2D eigenvalue weighted by atomic mass is 16.6. The molecule has 1 heterocycles. The molecular formula is C18H13N3O7. The molecule has 10 nitrogen and oxygen atoms in total. The van der Waals surface area contributed by atoms with Crippen LogP contribution < -0.4 is 4.74 Å². The third-order valence-electron chi connectivity index (χ3n) is 3.69. The van der Waals surface area contributed by atoms with Crippen LogP contribution in [0.1, 0.15) is 18.1 Å². The SMILES string of the molecule is CCOc1ccc(/C=C2/N=C(c3cc([N+](=O)[O-])cc([N+](=O)[O-])c3)OC2=O)cc1. The van der Waals surface area contributed by atoms with Crippen LogP contribution >= 0.6 is 0 Å². The molecule has 0 atom stereocenters. The summed E-state index contributed by atoms with van der Waals surface area (Å²) in [6.45, 7) is 2.38. The van der Waals surface area contributed by atoms with Crippen LogP contribution in [0.4, 0.5) is 11.4 Å². The van der Waals surface area contributed by atoms with Gasteiger partial charge in [-0.25, -0.2) is 9.79 Å². The van der Waals surface area contributed by atoms with Crippen molar-refractivity contribution in [3.63, 3.8) is 0 Å². The normalized spacial score (nSPS) is 14.5. The first-order valence-corrected chi connectivity index (χ1v) is 8.07. The third kappa shape index (κ3) is 4.01. The lowest BCUT2D eigenvalue weighted by Crippen LogP contribution is -2.06. The summed E-state index contributed by atoms with van der Waals surface area (Å²) >= 11 is 0. The number of hydrogen-bond donors (Lipinski definition) is 0. The minimum absolute atomic E-state index is 0.0340. The molecule has 2 aromatic rings. The molecule has 3 rings (SSSR count). The Bertz CT molecular complexity index is 994. The maximum absolute atomic E-state index is 12.1. The Hall–Kier alpha value is -4.08. The summed E-state index contributed by atoms with van der Waals surface area (Å²) in [5, 5.41) is 22.0. The molecule has 0 radical (unpaired) electrons. The van der Waals surface area contributed by atoms with E-state index in [1.165, 1.54) is 6.08 Å². The van der Waals surface area contributed by atoms with Gasteiger partial charge in [-0.15, -0.1) is 0 Å². The Kier molecular flexibility index (Phi) is 5.12. The number of hydrogen-bond acceptors (Lipinski definition) is 8. The number of carbonyl (C=O) groups excluding carboxylic acids is 1. The van der Waals surface area contributed by atoms with Gasteiger partial charge in [-0.3, -0.25) is 20.2 Å². The molecule has 1 aliphatic rings. The van der Waals surface area contributed by atoms with Crippen LogP contribution in [-0.4, -0.2) is 28.3 Å². The van der Waals surface area contributed by atoms with E-state index in [0.29, 0.717) is 17.9 Å². The smallest absolute Gasteiger partial charge is 0.363 e. The molecule has 0 unspecified atom stereocenters. The van der Waals surface area contributed by atoms with Crippen molar-refractivity contribution in [3.8, 4) is 5.75 Å². The Morgan fingerprint density at radius 3 is 2.21 bits per heavy atom. The van der Waals surface area contributed by atoms with E-state index < -0.39 is 27.2 Å². The maximum Gasteiger partial charge on any atom is 0.363 e. The minimum Gasteiger partial charge on any atom is -0.494 e. The molecule has 0 aliphatic carbocycles. The lowest BCUT2D eigenvalue weighted by molar-refractivity contribution is -0.394. The van der Waals surface area contributed by atoms with Crippen molar-refractivity contribution in [2.45, 2.75) is 6.92 Å². The van der Waals surface area contributed by atoms with Gasteiger partial charge < -0.3 is 9.47 Å². The maximum atomic E-state index is 12.1. The van der Waals surface area contributed by atoms with E-state index in [0.717, 1.165) is 18.2 Å². The van der Waals surface area contributed by atoms with Gasteiger partial charge >= 0.3 is 5.97 Å². The van der Waals surface area contributed by atoms with E-state index in [-0.39, 0.29) is 17.2 Å². The second-order valence-corrected chi connectivity index (χ2v) is 5.59. The van der Waals surface area contributed by atoms with Crippen LogP contribution in [0.5, 0.6) is 5.75 Å². The van der Waals surface area contributed by atoms with Crippen molar-refractivity contribution in [3.05, 3.63) is 79.5 Å². The molecule has 2 aromatic carbocycles. The number of ether oxygens (including phenoxy) is 2. The molecular weight excluding hydrogens is 370 g/mol. The topological polar surface area (TPSA) is 134 Å². The molecule has 142 valence electrons. The number of non-ortho nitro benzene ring substituents is 2. The van der Waals surface area contributed by atoms with Gasteiger partial charge in [0, 0.05) is 12.1 Å². The van der Waals surface area contributed by atoms with E-state index in [2.05, 4.69) is 4.99 Å². The number of cyclic esters (lactones) is 1. The van der Waals surface area contributed by atoms with Crippen LogP contribution in [0, 0.1) is 20.2 Å². The first-order chi connectivity index (χ1) is 13.4. The number of rotatable bonds is 6. The van der Waals surface area contributed by atoms with Crippen LogP contribution in [0.2, 0.25) is 0 Å². The van der Waals surface area contributed by atoms with Crippen LogP contribution in [0.3, 0.4) is 0 Å². The number of nitrogens with zero attached hydrogens (tertiary/aromatic N) is 3. The van der Waals surface area contributed by atoms with Crippen LogP contribution in [-0.2, 0) is 9.53 Å². The van der Waals surface area contributed by atoms with Gasteiger partial charge in [0.25, 0.3) is 11.4 Å². The van der Waals surface area contributed by atoms with Gasteiger partial charge in [0.2, 0.25) is 5.90 Å². The molecule has 0 N–H and O–H groups in total. The Balaban J connectivity index is 1.95. The van der Waals surface area contributed by atoms with Crippen molar-refractivity contribution < 1.29 is 24.1 Å². The molecule has 0 amide bonds. The second-order valence-electron chi connectivity index (χ2n) is 5.59. The van der Waals surface area contributed by atoms with Crippen molar-refractivity contribution in [1.82, 2.24) is 0 Å². The standard InChI is InChI=1S/C18H13N3O7/c1-2-27-15-5-3-11(4-6-15)7-16-18(22)28-17(19-16)12-8-13(20(23)24)10-14(9-12)21(25)26/h3-10H,2H2,1H3/b16-7+. The summed E-state index contributed by atoms with van der Waals surface area (Å²) in [4.78, 5) is 36.5. The highest BCUT2D eigenvalue weighted by molar-refractivity contribution is 6.13. The fraction of sp³-hybridized carbons (Fsp3) is 0.111. The largest absolute Gasteiger partial charge is 0.494 e. The van der Waals surface area contributed by atoms with Gasteiger partial charge in [0.15, 0.2) is 5.70 Å². The monoisotopic (exact) mass is 383 g/mol. The van der Waals surface area contributed by atoms with Crippen LogP contribution in [0.25, 0.3) is 6.08 Å².